The molecule has 2 aromatic carbocycles. The molecule has 0 unspecified atom stereocenters. The van der Waals surface area contributed by atoms with Crippen LogP contribution in [0.25, 0.3) is 11.1 Å². The molecule has 0 spiro atoms. The zero-order valence-corrected chi connectivity index (χ0v) is 13.1. The van der Waals surface area contributed by atoms with Gasteiger partial charge in [-0.2, -0.15) is 0 Å². The second-order valence-corrected chi connectivity index (χ2v) is 5.64. The lowest BCUT2D eigenvalue weighted by atomic mass is 9.94. The van der Waals surface area contributed by atoms with Crippen LogP contribution in [0, 0.1) is 13.8 Å². The molecule has 0 heterocycles. The number of aryl methyl sites for hydroxylation is 3. The van der Waals surface area contributed by atoms with Crippen LogP contribution in [0.1, 0.15) is 46.8 Å². The first-order chi connectivity index (χ1) is 10.0. The van der Waals surface area contributed by atoms with E-state index in [1.165, 1.54) is 24.0 Å². The van der Waals surface area contributed by atoms with Gasteiger partial charge in [0.2, 0.25) is 5.91 Å². The van der Waals surface area contributed by atoms with Gasteiger partial charge in [-0.1, -0.05) is 37.6 Å². The van der Waals surface area contributed by atoms with E-state index in [9.17, 15) is 4.79 Å². The molecule has 0 atom stereocenters. The summed E-state index contributed by atoms with van der Waals surface area (Å²) in [7, 11) is 0. The summed E-state index contributed by atoms with van der Waals surface area (Å²) in [6, 6.07) is 12.2. The Morgan fingerprint density at radius 3 is 2.43 bits per heavy atom. The molecular weight excluding hydrogens is 258 g/mol. The largest absolute Gasteiger partial charge is 0.366 e. The van der Waals surface area contributed by atoms with Gasteiger partial charge < -0.3 is 5.73 Å². The van der Waals surface area contributed by atoms with Crippen molar-refractivity contribution < 1.29 is 4.79 Å². The summed E-state index contributed by atoms with van der Waals surface area (Å²) in [4.78, 5) is 11.4. The third-order valence-corrected chi connectivity index (χ3v) is 3.98. The van der Waals surface area contributed by atoms with Gasteiger partial charge in [0.05, 0.1) is 0 Å². The number of primary amides is 1. The van der Waals surface area contributed by atoms with E-state index >= 15 is 0 Å². The smallest absolute Gasteiger partial charge is 0.248 e. The summed E-state index contributed by atoms with van der Waals surface area (Å²) in [5, 5.41) is 0. The Labute approximate surface area is 127 Å². The molecular formula is C19H23NO. The predicted molar refractivity (Wildman–Crippen MR) is 88.5 cm³/mol. The molecule has 0 saturated carbocycles. The van der Waals surface area contributed by atoms with Crippen molar-refractivity contribution >= 4 is 5.91 Å². The minimum atomic E-state index is -0.382. The molecule has 0 aliphatic carbocycles. The fraction of sp³-hybridized carbons (Fsp3) is 0.316. The van der Waals surface area contributed by atoms with E-state index in [0.29, 0.717) is 5.56 Å². The van der Waals surface area contributed by atoms with Crippen LogP contribution in [0.2, 0.25) is 0 Å². The number of carbonyl (C=O) groups is 1. The fourth-order valence-electron chi connectivity index (χ4n) is 2.60. The lowest BCUT2D eigenvalue weighted by Gasteiger charge is -2.11. The monoisotopic (exact) mass is 281 g/mol. The van der Waals surface area contributed by atoms with Crippen molar-refractivity contribution in [1.29, 1.82) is 0 Å². The van der Waals surface area contributed by atoms with E-state index in [0.717, 1.165) is 23.1 Å². The average Bonchev–Trinajstić information content (AvgIpc) is 2.46. The molecule has 1 amide bonds. The van der Waals surface area contributed by atoms with Gasteiger partial charge in [-0.25, -0.2) is 0 Å². The van der Waals surface area contributed by atoms with Crippen LogP contribution in [0.5, 0.6) is 0 Å². The third kappa shape index (κ3) is 3.52. The number of carbonyl (C=O) groups excluding carboxylic acids is 1. The Bertz CT molecular complexity index is 659. The first kappa shape index (κ1) is 15.3. The number of rotatable bonds is 5. The zero-order valence-electron chi connectivity index (χ0n) is 13.1. The van der Waals surface area contributed by atoms with Crippen molar-refractivity contribution in [2.75, 3.05) is 0 Å². The SMILES string of the molecule is CCCCc1ccc(-c2cc(C(N)=O)ccc2C)cc1C. The van der Waals surface area contributed by atoms with Crippen molar-refractivity contribution in [1.82, 2.24) is 0 Å². The highest BCUT2D eigenvalue weighted by Crippen LogP contribution is 2.27. The van der Waals surface area contributed by atoms with Gasteiger partial charge in [-0.3, -0.25) is 4.79 Å². The topological polar surface area (TPSA) is 43.1 Å². The second-order valence-electron chi connectivity index (χ2n) is 5.64. The van der Waals surface area contributed by atoms with Crippen LogP contribution in [-0.2, 0) is 6.42 Å². The van der Waals surface area contributed by atoms with Crippen LogP contribution in [0.4, 0.5) is 0 Å². The summed E-state index contributed by atoms with van der Waals surface area (Å²) in [6.07, 6.45) is 3.56. The molecule has 0 aromatic heterocycles. The van der Waals surface area contributed by atoms with E-state index < -0.39 is 0 Å². The molecule has 0 bridgehead atoms. The normalized spacial score (nSPS) is 10.6. The molecule has 2 heteroatoms. The van der Waals surface area contributed by atoms with Gasteiger partial charge in [0.1, 0.15) is 0 Å². The van der Waals surface area contributed by atoms with Gasteiger partial charge in [-0.15, -0.1) is 0 Å². The molecule has 2 rings (SSSR count). The summed E-state index contributed by atoms with van der Waals surface area (Å²) < 4.78 is 0. The Morgan fingerprint density at radius 2 is 1.81 bits per heavy atom. The molecule has 21 heavy (non-hydrogen) atoms. The maximum Gasteiger partial charge on any atom is 0.248 e. The maximum atomic E-state index is 11.4. The summed E-state index contributed by atoms with van der Waals surface area (Å²) in [5.74, 6) is -0.382. The first-order valence-electron chi connectivity index (χ1n) is 7.53. The van der Waals surface area contributed by atoms with Crippen LogP contribution in [0.15, 0.2) is 36.4 Å². The number of nitrogens with two attached hydrogens (primary N) is 1. The molecule has 2 N–H and O–H groups in total. The van der Waals surface area contributed by atoms with Crippen LogP contribution in [-0.4, -0.2) is 5.91 Å². The highest BCUT2D eigenvalue weighted by atomic mass is 16.1. The van der Waals surface area contributed by atoms with Crippen molar-refractivity contribution in [3.8, 4) is 11.1 Å². The molecule has 0 saturated heterocycles. The Balaban J connectivity index is 2.40. The number of benzene rings is 2. The van der Waals surface area contributed by atoms with Crippen molar-refractivity contribution in [2.45, 2.75) is 40.0 Å². The van der Waals surface area contributed by atoms with Crippen molar-refractivity contribution in [3.63, 3.8) is 0 Å². The standard InChI is InChI=1S/C19H23NO/c1-4-5-6-15-9-10-16(11-14(15)3)18-12-17(19(20)21)8-7-13(18)2/h7-12H,4-6H2,1-3H3,(H2,20,21). The molecule has 0 aliphatic heterocycles. The van der Waals surface area contributed by atoms with Gasteiger partial charge >= 0.3 is 0 Å². The lowest BCUT2D eigenvalue weighted by molar-refractivity contribution is 0.100. The highest BCUT2D eigenvalue weighted by Gasteiger charge is 2.08. The molecule has 2 nitrogen and oxygen atoms in total. The predicted octanol–water partition coefficient (Wildman–Crippen LogP) is 4.41. The van der Waals surface area contributed by atoms with E-state index in [1.54, 1.807) is 6.07 Å². The number of unbranched alkanes of at least 4 members (excludes halogenated alkanes) is 1. The Kier molecular flexibility index (Phi) is 4.79. The molecule has 110 valence electrons. The van der Waals surface area contributed by atoms with Crippen molar-refractivity contribution in [2.24, 2.45) is 5.73 Å². The van der Waals surface area contributed by atoms with Gasteiger partial charge in [-0.05, 0) is 66.6 Å². The second kappa shape index (κ2) is 6.57. The van der Waals surface area contributed by atoms with E-state index in [-0.39, 0.29) is 5.91 Å². The molecule has 2 aromatic rings. The Hall–Kier alpha value is -2.09. The lowest BCUT2D eigenvalue weighted by Crippen LogP contribution is -2.10. The fourth-order valence-corrected chi connectivity index (χ4v) is 2.60. The van der Waals surface area contributed by atoms with Crippen LogP contribution >= 0.6 is 0 Å². The van der Waals surface area contributed by atoms with Gasteiger partial charge in [0.25, 0.3) is 0 Å². The minimum Gasteiger partial charge on any atom is -0.366 e. The zero-order chi connectivity index (χ0) is 15.4. The van der Waals surface area contributed by atoms with Crippen molar-refractivity contribution in [3.05, 3.63) is 58.7 Å². The maximum absolute atomic E-state index is 11.4. The highest BCUT2D eigenvalue weighted by molar-refractivity contribution is 5.94. The summed E-state index contributed by atoms with van der Waals surface area (Å²) in [6.45, 7) is 6.42. The summed E-state index contributed by atoms with van der Waals surface area (Å²) >= 11 is 0. The number of hydrogen-bond donors (Lipinski definition) is 1. The third-order valence-electron chi connectivity index (χ3n) is 3.98. The Morgan fingerprint density at radius 1 is 1.05 bits per heavy atom. The van der Waals surface area contributed by atoms with Gasteiger partial charge in [0.15, 0.2) is 0 Å². The quantitative estimate of drug-likeness (QED) is 0.866. The molecule has 0 aliphatic rings. The summed E-state index contributed by atoms with van der Waals surface area (Å²) in [5.41, 5.74) is 12.0. The number of hydrogen-bond acceptors (Lipinski definition) is 1. The average molecular weight is 281 g/mol. The molecule has 0 fully saturated rings. The van der Waals surface area contributed by atoms with Gasteiger partial charge in [0, 0.05) is 5.56 Å². The van der Waals surface area contributed by atoms with E-state index in [2.05, 4.69) is 39.0 Å². The van der Waals surface area contributed by atoms with E-state index in [1.807, 2.05) is 12.1 Å². The molecule has 0 radical (unpaired) electrons. The minimum absolute atomic E-state index is 0.382. The van der Waals surface area contributed by atoms with E-state index in [4.69, 9.17) is 5.73 Å². The van der Waals surface area contributed by atoms with Crippen LogP contribution < -0.4 is 5.73 Å². The van der Waals surface area contributed by atoms with Crippen LogP contribution in [0.3, 0.4) is 0 Å². The number of amides is 1. The first-order valence-corrected chi connectivity index (χ1v) is 7.53.